The van der Waals surface area contributed by atoms with Crippen LogP contribution in [0, 0.1) is 6.92 Å². The van der Waals surface area contributed by atoms with Crippen LogP contribution in [0.4, 0.5) is 10.8 Å². The summed E-state index contributed by atoms with van der Waals surface area (Å²) in [5.41, 5.74) is 4.04. The molecule has 0 radical (unpaired) electrons. The molecular formula is C28H23N3O4S. The van der Waals surface area contributed by atoms with Crippen molar-refractivity contribution < 1.29 is 19.1 Å². The van der Waals surface area contributed by atoms with Crippen molar-refractivity contribution in [3.63, 3.8) is 0 Å². The number of anilines is 2. The summed E-state index contributed by atoms with van der Waals surface area (Å²) in [6, 6.07) is 22.7. The molecule has 8 heteroatoms. The first-order chi connectivity index (χ1) is 17.5. The molecule has 1 aliphatic heterocycles. The third-order valence-corrected chi connectivity index (χ3v) is 6.70. The summed E-state index contributed by atoms with van der Waals surface area (Å²) < 4.78 is 5.58. The number of esters is 1. The highest BCUT2D eigenvalue weighted by atomic mass is 32.1. The zero-order valence-corrected chi connectivity index (χ0v) is 20.3. The van der Waals surface area contributed by atoms with Crippen molar-refractivity contribution in [2.24, 2.45) is 0 Å². The van der Waals surface area contributed by atoms with Crippen LogP contribution in [0.15, 0.2) is 84.2 Å². The second-order valence-corrected chi connectivity index (χ2v) is 9.33. The maximum Gasteiger partial charge on any atom is 0.330 e. The Morgan fingerprint density at radius 3 is 2.25 bits per heavy atom. The van der Waals surface area contributed by atoms with Gasteiger partial charge in [0.05, 0.1) is 16.8 Å². The first-order valence-corrected chi connectivity index (χ1v) is 12.3. The molecule has 1 N–H and O–H groups in total. The minimum atomic E-state index is -1.09. The number of hydrogen-bond donors (Lipinski definition) is 1. The molecule has 0 unspecified atom stereocenters. The standard InChI is InChI=1S/C28H23N3O4S/c1-18-11-13-20(14-12-18)29-28-30-21(17-36-28)16-35-27(34)24(15-19-7-3-2-4-8-19)31-25(32)22-9-5-6-10-23(22)26(31)33/h2-14,17,24H,15-16H2,1H3,(H,29,30)/t24-/m1/s1. The zero-order chi connectivity index (χ0) is 25.1. The number of thiazole rings is 1. The molecule has 36 heavy (non-hydrogen) atoms. The summed E-state index contributed by atoms with van der Waals surface area (Å²) >= 11 is 1.40. The van der Waals surface area contributed by atoms with E-state index in [0.29, 0.717) is 22.0 Å². The van der Waals surface area contributed by atoms with Gasteiger partial charge in [-0.1, -0.05) is 60.2 Å². The molecule has 0 bridgehead atoms. The molecule has 0 spiro atoms. The fraction of sp³-hybridized carbons (Fsp3) is 0.143. The molecule has 2 heterocycles. The van der Waals surface area contributed by atoms with Crippen LogP contribution in [-0.2, 0) is 22.6 Å². The molecule has 5 rings (SSSR count). The average molecular weight is 498 g/mol. The predicted octanol–water partition coefficient (Wildman–Crippen LogP) is 5.15. The van der Waals surface area contributed by atoms with Crippen molar-refractivity contribution in [3.05, 3.63) is 112 Å². The monoisotopic (exact) mass is 497 g/mol. The normalized spacial score (nSPS) is 13.4. The molecule has 1 aromatic heterocycles. The molecule has 1 aliphatic rings. The highest BCUT2D eigenvalue weighted by molar-refractivity contribution is 7.13. The third kappa shape index (κ3) is 4.89. The lowest BCUT2D eigenvalue weighted by molar-refractivity contribution is -0.149. The van der Waals surface area contributed by atoms with E-state index in [1.165, 1.54) is 11.3 Å². The summed E-state index contributed by atoms with van der Waals surface area (Å²) in [4.78, 5) is 45.0. The number of rotatable bonds is 8. The first kappa shape index (κ1) is 23.4. The SMILES string of the molecule is Cc1ccc(Nc2nc(COC(=O)[C@@H](Cc3ccccc3)N3C(=O)c4ccccc4C3=O)cs2)cc1. The molecule has 0 fully saturated rings. The van der Waals surface area contributed by atoms with Crippen LogP contribution in [0.1, 0.15) is 37.5 Å². The van der Waals surface area contributed by atoms with Gasteiger partial charge in [-0.3, -0.25) is 14.5 Å². The highest BCUT2D eigenvalue weighted by Gasteiger charge is 2.43. The number of benzene rings is 3. The number of aryl methyl sites for hydroxylation is 1. The number of amides is 2. The average Bonchev–Trinajstić information content (AvgIpc) is 3.45. The summed E-state index contributed by atoms with van der Waals surface area (Å²) in [6.45, 7) is 1.95. The van der Waals surface area contributed by atoms with E-state index in [1.54, 1.807) is 29.6 Å². The highest BCUT2D eigenvalue weighted by Crippen LogP contribution is 2.27. The second kappa shape index (κ2) is 10.1. The molecule has 3 aromatic carbocycles. The smallest absolute Gasteiger partial charge is 0.330 e. The summed E-state index contributed by atoms with van der Waals surface area (Å²) in [6.07, 6.45) is 0.155. The lowest BCUT2D eigenvalue weighted by Crippen LogP contribution is -2.47. The van der Waals surface area contributed by atoms with Gasteiger partial charge in [-0.25, -0.2) is 9.78 Å². The Balaban J connectivity index is 1.31. The molecule has 0 saturated carbocycles. The third-order valence-electron chi connectivity index (χ3n) is 5.90. The van der Waals surface area contributed by atoms with Crippen LogP contribution in [0.25, 0.3) is 0 Å². The zero-order valence-electron chi connectivity index (χ0n) is 19.5. The van der Waals surface area contributed by atoms with Gasteiger partial charge < -0.3 is 10.1 Å². The van der Waals surface area contributed by atoms with Crippen molar-refractivity contribution in [1.82, 2.24) is 9.88 Å². The minimum absolute atomic E-state index is 0.0701. The number of ether oxygens (including phenoxy) is 1. The van der Waals surface area contributed by atoms with Gasteiger partial charge in [0.2, 0.25) is 0 Å². The second-order valence-electron chi connectivity index (χ2n) is 8.47. The van der Waals surface area contributed by atoms with Crippen LogP contribution < -0.4 is 5.32 Å². The van der Waals surface area contributed by atoms with Crippen LogP contribution in [-0.4, -0.2) is 33.7 Å². The van der Waals surface area contributed by atoms with Gasteiger partial charge >= 0.3 is 5.97 Å². The summed E-state index contributed by atoms with van der Waals surface area (Å²) in [5.74, 6) is -1.65. The Morgan fingerprint density at radius 1 is 0.944 bits per heavy atom. The number of fused-ring (bicyclic) bond motifs is 1. The first-order valence-electron chi connectivity index (χ1n) is 11.4. The van der Waals surface area contributed by atoms with Gasteiger partial charge in [0.15, 0.2) is 5.13 Å². The molecule has 0 aliphatic carbocycles. The molecule has 4 aromatic rings. The van der Waals surface area contributed by atoms with Crippen molar-refractivity contribution >= 4 is 39.9 Å². The molecule has 0 saturated heterocycles. The van der Waals surface area contributed by atoms with E-state index < -0.39 is 23.8 Å². The number of carbonyl (C=O) groups excluding carboxylic acids is 3. The summed E-state index contributed by atoms with van der Waals surface area (Å²) in [7, 11) is 0. The van der Waals surface area contributed by atoms with Gasteiger partial charge in [0.1, 0.15) is 12.6 Å². The quantitative estimate of drug-likeness (QED) is 0.268. The Hall–Kier alpha value is -4.30. The number of imide groups is 1. The Labute approximate surface area is 212 Å². The topological polar surface area (TPSA) is 88.6 Å². The Bertz CT molecular complexity index is 1380. The van der Waals surface area contributed by atoms with Crippen LogP contribution in [0.3, 0.4) is 0 Å². The van der Waals surface area contributed by atoms with Crippen LogP contribution in [0.5, 0.6) is 0 Å². The number of nitrogens with one attached hydrogen (secondary N) is 1. The van der Waals surface area contributed by atoms with Gasteiger partial charge in [-0.2, -0.15) is 0 Å². The predicted molar refractivity (Wildman–Crippen MR) is 137 cm³/mol. The van der Waals surface area contributed by atoms with E-state index in [4.69, 9.17) is 4.74 Å². The lowest BCUT2D eigenvalue weighted by Gasteiger charge is -2.24. The maximum absolute atomic E-state index is 13.3. The fourth-order valence-electron chi connectivity index (χ4n) is 4.04. The van der Waals surface area contributed by atoms with E-state index in [1.807, 2.05) is 61.5 Å². The lowest BCUT2D eigenvalue weighted by atomic mass is 10.0. The largest absolute Gasteiger partial charge is 0.458 e. The molecule has 7 nitrogen and oxygen atoms in total. The fourth-order valence-corrected chi connectivity index (χ4v) is 4.76. The van der Waals surface area contributed by atoms with Gasteiger partial charge in [-0.15, -0.1) is 11.3 Å². The van der Waals surface area contributed by atoms with Crippen LogP contribution in [0.2, 0.25) is 0 Å². The van der Waals surface area contributed by atoms with Gasteiger partial charge in [0, 0.05) is 17.5 Å². The van der Waals surface area contributed by atoms with Gasteiger partial charge in [-0.05, 0) is 36.8 Å². The maximum atomic E-state index is 13.3. The minimum Gasteiger partial charge on any atom is -0.458 e. The van der Waals surface area contributed by atoms with E-state index >= 15 is 0 Å². The number of carbonyl (C=O) groups is 3. The Morgan fingerprint density at radius 2 is 1.58 bits per heavy atom. The van der Waals surface area contributed by atoms with Crippen molar-refractivity contribution in [2.45, 2.75) is 26.0 Å². The number of hydrogen-bond acceptors (Lipinski definition) is 7. The van der Waals surface area contributed by atoms with Gasteiger partial charge in [0.25, 0.3) is 11.8 Å². The van der Waals surface area contributed by atoms with Crippen molar-refractivity contribution in [1.29, 1.82) is 0 Å². The molecular weight excluding hydrogens is 474 g/mol. The van der Waals surface area contributed by atoms with E-state index in [0.717, 1.165) is 21.7 Å². The Kier molecular flexibility index (Phi) is 6.60. The number of aromatic nitrogens is 1. The molecule has 2 amide bonds. The van der Waals surface area contributed by atoms with Crippen LogP contribution >= 0.6 is 11.3 Å². The number of nitrogens with zero attached hydrogens (tertiary/aromatic N) is 2. The van der Waals surface area contributed by atoms with E-state index in [9.17, 15) is 14.4 Å². The van der Waals surface area contributed by atoms with Crippen molar-refractivity contribution in [2.75, 3.05) is 5.32 Å². The van der Waals surface area contributed by atoms with E-state index in [2.05, 4.69) is 10.3 Å². The molecule has 180 valence electrons. The van der Waals surface area contributed by atoms with Crippen molar-refractivity contribution in [3.8, 4) is 0 Å². The molecule has 1 atom stereocenters. The summed E-state index contributed by atoms with van der Waals surface area (Å²) in [5, 5.41) is 5.71. The van der Waals surface area contributed by atoms with E-state index in [-0.39, 0.29) is 13.0 Å².